The van der Waals surface area contributed by atoms with Crippen LogP contribution in [0.5, 0.6) is 11.6 Å². The van der Waals surface area contributed by atoms with E-state index in [-0.39, 0.29) is 12.1 Å². The Balaban J connectivity index is 1.73. The smallest absolute Gasteiger partial charge is 0.318 e. The minimum atomic E-state index is -0.108. The number of ether oxygens (including phenoxy) is 2. The van der Waals surface area contributed by atoms with E-state index in [2.05, 4.69) is 15.0 Å². The molecule has 0 fully saturated rings. The number of pyridine rings is 1. The van der Waals surface area contributed by atoms with Gasteiger partial charge in [-0.2, -0.15) is 0 Å². The topological polar surface area (TPSA) is 75.7 Å². The fraction of sp³-hybridized carbons (Fsp3) is 0.368. The second-order valence-electron chi connectivity index (χ2n) is 6.56. The minimum absolute atomic E-state index is 0.0753. The number of benzene rings is 1. The van der Waals surface area contributed by atoms with Crippen molar-refractivity contribution in [2.45, 2.75) is 31.3 Å². The van der Waals surface area contributed by atoms with E-state index in [0.717, 1.165) is 21.9 Å². The van der Waals surface area contributed by atoms with Crippen molar-refractivity contribution in [1.29, 1.82) is 0 Å². The summed E-state index contributed by atoms with van der Waals surface area (Å²) in [6.07, 6.45) is 1.70. The number of nitrogens with one attached hydrogen (secondary N) is 2. The summed E-state index contributed by atoms with van der Waals surface area (Å²) in [6.45, 7) is 5.22. The number of amides is 2. The zero-order chi connectivity index (χ0) is 20.1. The maximum absolute atomic E-state index is 12.4. The Kier molecular flexibility index (Phi) is 6.74. The van der Waals surface area contributed by atoms with Gasteiger partial charge in [-0.05, 0) is 50.1 Å². The van der Waals surface area contributed by atoms with Gasteiger partial charge in [-0.25, -0.2) is 9.78 Å². The minimum Gasteiger partial charge on any atom is -0.496 e. The van der Waals surface area contributed by atoms with Crippen molar-refractivity contribution in [3.63, 3.8) is 0 Å². The van der Waals surface area contributed by atoms with Crippen molar-refractivity contribution in [2.24, 2.45) is 0 Å². The molecule has 1 aromatic carbocycles. The van der Waals surface area contributed by atoms with Gasteiger partial charge >= 0.3 is 6.03 Å². The summed E-state index contributed by atoms with van der Waals surface area (Å²) in [6, 6.07) is 7.33. The van der Waals surface area contributed by atoms with Crippen LogP contribution in [0.2, 0.25) is 5.02 Å². The Morgan fingerprint density at radius 2 is 2.21 bits per heavy atom. The molecule has 2 heterocycles. The number of hydrogen-bond acceptors (Lipinski definition) is 6. The van der Waals surface area contributed by atoms with Crippen LogP contribution in [-0.4, -0.2) is 42.2 Å². The molecule has 0 atom stereocenters. The highest BCUT2D eigenvalue weighted by atomic mass is 35.5. The summed E-state index contributed by atoms with van der Waals surface area (Å²) in [4.78, 5) is 19.3. The van der Waals surface area contributed by atoms with Crippen molar-refractivity contribution in [3.05, 3.63) is 41.0 Å². The van der Waals surface area contributed by atoms with Crippen LogP contribution < -0.4 is 19.5 Å². The standard InChI is InChI=1S/C19H23ClN4O3S/c1-12(2)22-19(25)24-6-7-27-18-13(11-24)8-15(10-21-18)23-28-17-9-14(20)4-5-16(17)26-3/h4-5,8-10,12,23H,6-7,11H2,1-3H3,(H,22,25). The van der Waals surface area contributed by atoms with Crippen LogP contribution in [0, 0.1) is 0 Å². The molecule has 150 valence electrons. The van der Waals surface area contributed by atoms with E-state index >= 15 is 0 Å². The largest absolute Gasteiger partial charge is 0.496 e. The molecule has 3 rings (SSSR count). The van der Waals surface area contributed by atoms with E-state index in [0.29, 0.717) is 30.6 Å². The van der Waals surface area contributed by atoms with Gasteiger partial charge in [0.2, 0.25) is 5.88 Å². The lowest BCUT2D eigenvalue weighted by Gasteiger charge is -2.21. The quantitative estimate of drug-likeness (QED) is 0.704. The molecule has 2 N–H and O–H groups in total. The number of carbonyl (C=O) groups excluding carboxylic acids is 1. The molecule has 9 heteroatoms. The van der Waals surface area contributed by atoms with E-state index in [4.69, 9.17) is 21.1 Å². The molecule has 1 aliphatic rings. The number of aromatic nitrogens is 1. The van der Waals surface area contributed by atoms with Gasteiger partial charge in [-0.1, -0.05) is 11.6 Å². The van der Waals surface area contributed by atoms with E-state index in [1.807, 2.05) is 32.0 Å². The molecule has 0 unspecified atom stereocenters. The summed E-state index contributed by atoms with van der Waals surface area (Å²) < 4.78 is 14.3. The molecular weight excluding hydrogens is 400 g/mol. The summed E-state index contributed by atoms with van der Waals surface area (Å²) in [5.41, 5.74) is 1.64. The molecule has 7 nitrogen and oxygen atoms in total. The average molecular weight is 423 g/mol. The normalized spacial score (nSPS) is 13.4. The molecule has 0 saturated heterocycles. The second-order valence-corrected chi connectivity index (χ2v) is 7.85. The molecule has 28 heavy (non-hydrogen) atoms. The Labute approximate surface area is 173 Å². The van der Waals surface area contributed by atoms with Gasteiger partial charge in [-0.3, -0.25) is 0 Å². The van der Waals surface area contributed by atoms with Crippen molar-refractivity contribution in [1.82, 2.24) is 15.2 Å². The third-order valence-corrected chi connectivity index (χ3v) is 5.10. The predicted molar refractivity (Wildman–Crippen MR) is 111 cm³/mol. The van der Waals surface area contributed by atoms with Crippen LogP contribution in [-0.2, 0) is 6.54 Å². The van der Waals surface area contributed by atoms with Crippen molar-refractivity contribution in [2.75, 3.05) is 25.0 Å². The molecule has 1 aromatic heterocycles. The van der Waals surface area contributed by atoms with Crippen LogP contribution in [0.4, 0.5) is 10.5 Å². The number of halogens is 1. The Hall–Kier alpha value is -2.32. The first-order valence-electron chi connectivity index (χ1n) is 8.90. The van der Waals surface area contributed by atoms with Crippen molar-refractivity contribution in [3.8, 4) is 11.6 Å². The van der Waals surface area contributed by atoms with Crippen LogP contribution >= 0.6 is 23.5 Å². The van der Waals surface area contributed by atoms with Gasteiger partial charge in [-0.15, -0.1) is 0 Å². The Morgan fingerprint density at radius 1 is 1.39 bits per heavy atom. The number of methoxy groups -OCH3 is 1. The van der Waals surface area contributed by atoms with E-state index < -0.39 is 0 Å². The lowest BCUT2D eigenvalue weighted by molar-refractivity contribution is 0.185. The van der Waals surface area contributed by atoms with Gasteiger partial charge < -0.3 is 24.4 Å². The first kappa shape index (κ1) is 20.4. The number of carbonyl (C=O) groups is 1. The molecule has 0 aliphatic carbocycles. The maximum atomic E-state index is 12.4. The Bertz CT molecular complexity index is 850. The van der Waals surface area contributed by atoms with Gasteiger partial charge in [0.1, 0.15) is 12.4 Å². The molecule has 2 aromatic rings. The molecule has 0 bridgehead atoms. The lowest BCUT2D eigenvalue weighted by atomic mass is 10.2. The fourth-order valence-electron chi connectivity index (χ4n) is 2.69. The molecule has 1 aliphatic heterocycles. The van der Waals surface area contributed by atoms with Crippen LogP contribution in [0.3, 0.4) is 0 Å². The number of fused-ring (bicyclic) bond motifs is 1. The number of anilines is 1. The number of hydrogen-bond donors (Lipinski definition) is 2. The van der Waals surface area contributed by atoms with Crippen LogP contribution in [0.1, 0.15) is 19.4 Å². The highest BCUT2D eigenvalue weighted by Gasteiger charge is 2.21. The summed E-state index contributed by atoms with van der Waals surface area (Å²) in [5.74, 6) is 1.28. The summed E-state index contributed by atoms with van der Waals surface area (Å²) in [5, 5.41) is 3.55. The van der Waals surface area contributed by atoms with Crippen LogP contribution in [0.25, 0.3) is 0 Å². The lowest BCUT2D eigenvalue weighted by Crippen LogP contribution is -2.43. The van der Waals surface area contributed by atoms with Crippen LogP contribution in [0.15, 0.2) is 35.4 Å². The highest BCUT2D eigenvalue weighted by molar-refractivity contribution is 8.00. The van der Waals surface area contributed by atoms with Crippen molar-refractivity contribution >= 4 is 35.3 Å². The van der Waals surface area contributed by atoms with Gasteiger partial charge in [0.25, 0.3) is 0 Å². The fourth-order valence-corrected chi connectivity index (χ4v) is 3.70. The third kappa shape index (κ3) is 5.14. The van der Waals surface area contributed by atoms with E-state index in [1.54, 1.807) is 24.3 Å². The summed E-state index contributed by atoms with van der Waals surface area (Å²) in [7, 11) is 1.62. The van der Waals surface area contributed by atoms with Gasteiger partial charge in [0.05, 0.1) is 37.0 Å². The van der Waals surface area contributed by atoms with E-state index in [1.165, 1.54) is 11.9 Å². The molecule has 2 amide bonds. The van der Waals surface area contributed by atoms with Gasteiger partial charge in [0, 0.05) is 16.6 Å². The third-order valence-electron chi connectivity index (χ3n) is 3.99. The molecule has 0 saturated carbocycles. The average Bonchev–Trinajstić information content (AvgIpc) is 2.88. The molecule has 0 spiro atoms. The molecular formula is C19H23ClN4O3S. The zero-order valence-corrected chi connectivity index (χ0v) is 17.6. The number of nitrogens with zero attached hydrogens (tertiary/aromatic N) is 2. The predicted octanol–water partition coefficient (Wildman–Crippen LogP) is 4.18. The maximum Gasteiger partial charge on any atom is 0.318 e. The van der Waals surface area contributed by atoms with E-state index in [9.17, 15) is 4.79 Å². The SMILES string of the molecule is COc1ccc(Cl)cc1SNc1cnc2c(c1)CN(C(=O)NC(C)C)CCO2. The second kappa shape index (κ2) is 9.25. The van der Waals surface area contributed by atoms with Crippen molar-refractivity contribution < 1.29 is 14.3 Å². The number of rotatable bonds is 5. The monoisotopic (exact) mass is 422 g/mol. The summed E-state index contributed by atoms with van der Waals surface area (Å²) >= 11 is 7.46. The Morgan fingerprint density at radius 3 is 2.96 bits per heavy atom. The van der Waals surface area contributed by atoms with Gasteiger partial charge in [0.15, 0.2) is 0 Å². The molecule has 0 radical (unpaired) electrons. The zero-order valence-electron chi connectivity index (χ0n) is 16.0. The first-order chi connectivity index (χ1) is 13.5. The first-order valence-corrected chi connectivity index (χ1v) is 10.1. The number of urea groups is 1. The highest BCUT2D eigenvalue weighted by Crippen LogP contribution is 2.33.